The molecule has 6 rings (SSSR count). The summed E-state index contributed by atoms with van der Waals surface area (Å²) in [5, 5.41) is 21.7. The first-order valence-corrected chi connectivity index (χ1v) is 16.9. The van der Waals surface area contributed by atoms with Crippen LogP contribution in [-0.4, -0.2) is 79.9 Å². The van der Waals surface area contributed by atoms with Gasteiger partial charge in [0.2, 0.25) is 11.8 Å². The molecule has 2 bridgehead atoms. The van der Waals surface area contributed by atoms with Gasteiger partial charge in [0.25, 0.3) is 5.91 Å². The van der Waals surface area contributed by atoms with Gasteiger partial charge in [-0.2, -0.15) is 5.06 Å². The van der Waals surface area contributed by atoms with E-state index in [0.717, 1.165) is 34.4 Å². The highest BCUT2D eigenvalue weighted by Gasteiger charge is 2.57. The Morgan fingerprint density at radius 1 is 1.15 bits per heavy atom. The molecule has 8 atom stereocenters. The number of aliphatic hydroxyl groups is 1. The quantitative estimate of drug-likeness (QED) is 0.309. The van der Waals surface area contributed by atoms with Crippen molar-refractivity contribution < 1.29 is 24.3 Å². The summed E-state index contributed by atoms with van der Waals surface area (Å²) in [7, 11) is 5.51. The molecule has 4 aliphatic rings. The van der Waals surface area contributed by atoms with Crippen molar-refractivity contribution in [2.75, 3.05) is 32.6 Å². The minimum atomic E-state index is -0.852. The summed E-state index contributed by atoms with van der Waals surface area (Å²) in [4.78, 5) is 47.2. The topological polar surface area (TPSA) is 123 Å². The minimum absolute atomic E-state index is 0.0636. The molecule has 3 amide bonds. The normalized spacial score (nSPS) is 28.6. The molecular formula is C37H53N5O5. The van der Waals surface area contributed by atoms with Crippen LogP contribution in [0.3, 0.4) is 0 Å². The van der Waals surface area contributed by atoms with Gasteiger partial charge in [-0.3, -0.25) is 19.2 Å². The Labute approximate surface area is 279 Å². The molecule has 3 saturated carbocycles. The van der Waals surface area contributed by atoms with Crippen molar-refractivity contribution in [2.24, 2.45) is 29.1 Å². The van der Waals surface area contributed by atoms with Crippen LogP contribution >= 0.6 is 0 Å². The Kier molecular flexibility index (Phi) is 10.1. The molecule has 10 heteroatoms. The fourth-order valence-corrected chi connectivity index (χ4v) is 8.38. The summed E-state index contributed by atoms with van der Waals surface area (Å²) >= 11 is 0. The Morgan fingerprint density at radius 2 is 1.87 bits per heavy atom. The van der Waals surface area contributed by atoms with Crippen LogP contribution in [0.15, 0.2) is 36.4 Å². The second-order valence-corrected chi connectivity index (χ2v) is 14.8. The molecule has 1 heterocycles. The summed E-state index contributed by atoms with van der Waals surface area (Å²) in [6.07, 6.45) is 0.728. The van der Waals surface area contributed by atoms with Crippen molar-refractivity contribution >= 4 is 23.4 Å². The molecule has 4 fully saturated rings. The van der Waals surface area contributed by atoms with Gasteiger partial charge in [-0.15, -0.1) is 0 Å². The van der Waals surface area contributed by atoms with Crippen LogP contribution in [0.5, 0.6) is 0 Å². The van der Waals surface area contributed by atoms with Gasteiger partial charge in [0, 0.05) is 57.8 Å². The second-order valence-electron chi connectivity index (χ2n) is 14.8. The predicted molar refractivity (Wildman–Crippen MR) is 183 cm³/mol. The molecule has 3 aliphatic carbocycles. The average molecular weight is 648 g/mol. The fraction of sp³-hybridized carbons (Fsp3) is 0.595. The van der Waals surface area contributed by atoms with Crippen LogP contribution in [0.25, 0.3) is 11.1 Å². The smallest absolute Gasteiger partial charge is 0.251 e. The number of hydroxylamine groups is 2. The molecule has 0 unspecified atom stereocenters. The van der Waals surface area contributed by atoms with Gasteiger partial charge >= 0.3 is 0 Å². The van der Waals surface area contributed by atoms with Crippen molar-refractivity contribution in [3.8, 4) is 11.1 Å². The van der Waals surface area contributed by atoms with E-state index in [4.69, 9.17) is 4.84 Å². The first-order chi connectivity index (χ1) is 22.1. The summed E-state index contributed by atoms with van der Waals surface area (Å²) in [5.41, 5.74) is 5.59. The lowest BCUT2D eigenvalue weighted by Crippen LogP contribution is -2.62. The number of rotatable bonds is 10. The van der Waals surface area contributed by atoms with E-state index in [1.807, 2.05) is 56.3 Å². The second kappa shape index (κ2) is 13.6. The van der Waals surface area contributed by atoms with Crippen molar-refractivity contribution in [2.45, 2.75) is 85.2 Å². The lowest BCUT2D eigenvalue weighted by atomic mass is 9.45. The van der Waals surface area contributed by atoms with E-state index >= 15 is 0 Å². The van der Waals surface area contributed by atoms with E-state index < -0.39 is 24.2 Å². The van der Waals surface area contributed by atoms with Crippen LogP contribution in [0.4, 0.5) is 5.69 Å². The lowest BCUT2D eigenvalue weighted by Gasteiger charge is -2.62. The maximum atomic E-state index is 14.3. The highest BCUT2D eigenvalue weighted by Crippen LogP contribution is 2.61. The van der Waals surface area contributed by atoms with Gasteiger partial charge in [0.1, 0.15) is 12.1 Å². The number of benzene rings is 2. The van der Waals surface area contributed by atoms with Gasteiger partial charge in [-0.25, -0.2) is 0 Å². The zero-order chi connectivity index (χ0) is 34.4. The molecule has 1 saturated heterocycles. The molecule has 0 aromatic heterocycles. The third-order valence-corrected chi connectivity index (χ3v) is 11.4. The summed E-state index contributed by atoms with van der Waals surface area (Å²) < 4.78 is 0. The molecule has 10 nitrogen and oxygen atoms in total. The minimum Gasteiger partial charge on any atom is -0.393 e. The molecule has 4 N–H and O–H groups in total. The van der Waals surface area contributed by atoms with Crippen LogP contribution in [-0.2, 0) is 21.0 Å². The molecule has 1 aliphatic heterocycles. The number of carbonyl (C=O) groups excluding carboxylic acids is 3. The number of anilines is 1. The highest BCUT2D eigenvalue weighted by molar-refractivity contribution is 5.96. The average Bonchev–Trinajstić information content (AvgIpc) is 3.39. The fourth-order valence-electron chi connectivity index (χ4n) is 8.38. The number of hydrogen-bond acceptors (Lipinski definition) is 7. The predicted octanol–water partition coefficient (Wildman–Crippen LogP) is 3.89. The summed E-state index contributed by atoms with van der Waals surface area (Å²) in [5.74, 6) is 0.446. The lowest BCUT2D eigenvalue weighted by molar-refractivity contribution is -0.177. The molecule has 47 heavy (non-hydrogen) atoms. The van der Waals surface area contributed by atoms with Crippen molar-refractivity contribution in [1.29, 1.82) is 0 Å². The summed E-state index contributed by atoms with van der Waals surface area (Å²) in [6.45, 7) is 12.6. The first kappa shape index (κ1) is 34.9. The van der Waals surface area contributed by atoms with Crippen molar-refractivity contribution in [3.05, 3.63) is 53.1 Å². The Morgan fingerprint density at radius 3 is 2.47 bits per heavy atom. The Bertz CT molecular complexity index is 1510. The zero-order valence-corrected chi connectivity index (χ0v) is 29.4. The van der Waals surface area contributed by atoms with E-state index in [1.165, 1.54) is 13.3 Å². The number of aliphatic hydroxyl groups excluding tert-OH is 1. The highest BCUT2D eigenvalue weighted by atomic mass is 16.7. The number of amides is 3. The molecule has 2 aromatic rings. The maximum absolute atomic E-state index is 14.3. The van der Waals surface area contributed by atoms with Crippen LogP contribution in [0, 0.1) is 36.0 Å². The van der Waals surface area contributed by atoms with E-state index in [2.05, 4.69) is 42.8 Å². The SMILES string of the molecule is CNC(=O)c1cc(-c2cccc(CN3O[C@@H](CNC(C)=O)[C@@H]([C@H](C)O)[C@H]3C(=O)N[C@H]3C[C@H]4C[C@@H]([C@@H]3C)C4(C)C)c2C)cc(N(C)C)c1. The molecule has 0 radical (unpaired) electrons. The summed E-state index contributed by atoms with van der Waals surface area (Å²) in [6, 6.07) is 11.2. The van der Waals surface area contributed by atoms with Gasteiger partial charge in [-0.05, 0) is 90.3 Å². The third-order valence-electron chi connectivity index (χ3n) is 11.4. The monoisotopic (exact) mass is 647 g/mol. The maximum Gasteiger partial charge on any atom is 0.251 e. The number of carbonyl (C=O) groups is 3. The Balaban J connectivity index is 1.46. The van der Waals surface area contributed by atoms with Crippen molar-refractivity contribution in [1.82, 2.24) is 21.0 Å². The number of nitrogens with one attached hydrogen (secondary N) is 3. The van der Waals surface area contributed by atoms with Gasteiger partial charge in [0.15, 0.2) is 0 Å². The van der Waals surface area contributed by atoms with Crippen LogP contribution in [0.1, 0.15) is 68.9 Å². The van der Waals surface area contributed by atoms with E-state index in [9.17, 15) is 19.5 Å². The van der Waals surface area contributed by atoms with Crippen molar-refractivity contribution in [3.63, 3.8) is 0 Å². The standard InChI is InChI=1S/C37H53N5O5/c1-20-24(11-10-12-29(20)25-13-26(35(45)38-7)15-28(14-25)41(8)9)19-42-34(33(22(3)43)32(47-42)18-39-23(4)44)36(46)40-31-17-27-16-30(21(31)2)37(27,5)6/h10-15,21-22,27,30-34,43H,16-19H2,1-9H3,(H,38,45)(H,39,44)(H,40,46)/t21-,22-,27+,30-,31-,32-,33+,34-/m0/s1. The molecule has 256 valence electrons. The number of fused-ring (bicyclic) bond motifs is 2. The van der Waals surface area contributed by atoms with Gasteiger partial charge in [-0.1, -0.05) is 39.0 Å². The van der Waals surface area contributed by atoms with E-state index in [-0.39, 0.29) is 30.3 Å². The molecule has 0 spiro atoms. The number of nitrogens with zero attached hydrogens (tertiary/aromatic N) is 2. The van der Waals surface area contributed by atoms with Gasteiger partial charge < -0.3 is 26.0 Å². The largest absolute Gasteiger partial charge is 0.393 e. The molecular weight excluding hydrogens is 594 g/mol. The van der Waals surface area contributed by atoms with E-state index in [1.54, 1.807) is 19.0 Å². The number of hydrogen-bond donors (Lipinski definition) is 4. The Hall–Kier alpha value is -3.47. The van der Waals surface area contributed by atoms with E-state index in [0.29, 0.717) is 35.3 Å². The molecule has 2 aromatic carbocycles. The zero-order valence-electron chi connectivity index (χ0n) is 29.4. The van der Waals surface area contributed by atoms with Gasteiger partial charge in [0.05, 0.1) is 12.6 Å². The van der Waals surface area contributed by atoms with Crippen LogP contribution in [0.2, 0.25) is 0 Å². The third kappa shape index (κ3) is 6.78. The van der Waals surface area contributed by atoms with Crippen LogP contribution < -0.4 is 20.9 Å². The first-order valence-electron chi connectivity index (χ1n) is 16.9.